The van der Waals surface area contributed by atoms with Gasteiger partial charge in [0.05, 0.1) is 39.1 Å². The molecule has 0 aliphatic carbocycles. The molecule has 0 spiro atoms. The first-order valence-corrected chi connectivity index (χ1v) is 21.3. The van der Waals surface area contributed by atoms with E-state index in [1.165, 1.54) is 48.5 Å². The van der Waals surface area contributed by atoms with E-state index in [4.69, 9.17) is 9.97 Å². The Hall–Kier alpha value is -6.56. The molecule has 0 fully saturated rings. The van der Waals surface area contributed by atoms with Gasteiger partial charge in [-0.3, -0.25) is 0 Å². The van der Waals surface area contributed by atoms with Crippen LogP contribution in [0.1, 0.15) is 0 Å². The Morgan fingerprint density at radius 1 is 0.434 bits per heavy atom. The molecular weight excluding hydrogens is 661 g/mol. The zero-order chi connectivity index (χ0) is 35.3. The summed E-state index contributed by atoms with van der Waals surface area (Å²) in [7, 11) is -2.08. The second-order valence-corrected chi connectivity index (χ2v) is 18.9. The van der Waals surface area contributed by atoms with Gasteiger partial charge in [-0.15, -0.1) is 0 Å². The van der Waals surface area contributed by atoms with Gasteiger partial charge in [0.15, 0.2) is 5.82 Å². The van der Waals surface area contributed by atoms with Gasteiger partial charge in [0.1, 0.15) is 8.07 Å². The molecule has 0 bridgehead atoms. The van der Waals surface area contributed by atoms with Gasteiger partial charge in [-0.1, -0.05) is 134 Å². The Morgan fingerprint density at radius 3 is 1.68 bits per heavy atom. The molecule has 10 aromatic rings. The summed E-state index contributed by atoms with van der Waals surface area (Å²) in [6.07, 6.45) is 0. The lowest BCUT2D eigenvalue weighted by molar-refractivity contribution is 1.14. The van der Waals surface area contributed by atoms with Crippen LogP contribution in [0.25, 0.3) is 88.9 Å². The lowest BCUT2D eigenvalue weighted by atomic mass is 10.1. The van der Waals surface area contributed by atoms with E-state index in [2.05, 4.69) is 192 Å². The quantitative estimate of drug-likeness (QED) is 0.172. The minimum atomic E-state index is -2.08. The second-order valence-electron chi connectivity index (χ2n) is 14.6. The highest BCUT2D eigenvalue weighted by Crippen LogP contribution is 2.41. The summed E-state index contributed by atoms with van der Waals surface area (Å²) >= 11 is 0. The van der Waals surface area contributed by atoms with E-state index in [1.807, 2.05) is 0 Å². The maximum absolute atomic E-state index is 5.53. The molecule has 0 saturated carbocycles. The first-order chi connectivity index (χ1) is 26.1. The summed E-state index contributed by atoms with van der Waals surface area (Å²) in [4.78, 5) is 11.0. The number of hydrogen-bond acceptors (Lipinski definition) is 2. The molecule has 4 nitrogen and oxygen atoms in total. The van der Waals surface area contributed by atoms with Crippen LogP contribution in [0.5, 0.6) is 0 Å². The van der Waals surface area contributed by atoms with Crippen LogP contribution < -0.4 is 10.4 Å². The summed E-state index contributed by atoms with van der Waals surface area (Å²) in [5, 5.41) is 7.63. The summed E-state index contributed by atoms with van der Waals surface area (Å²) in [5.74, 6) is 0.743. The first kappa shape index (κ1) is 30.1. The van der Waals surface area contributed by atoms with Gasteiger partial charge in [-0.25, -0.2) is 9.97 Å². The van der Waals surface area contributed by atoms with E-state index in [0.717, 1.165) is 50.7 Å². The zero-order valence-corrected chi connectivity index (χ0v) is 30.5. The molecule has 11 rings (SSSR count). The normalized spacial score (nSPS) is 13.2. The molecular formula is C48H34N4Si. The van der Waals surface area contributed by atoms with E-state index in [9.17, 15) is 0 Å². The van der Waals surface area contributed by atoms with Crippen LogP contribution in [0, 0.1) is 0 Å². The van der Waals surface area contributed by atoms with Crippen molar-refractivity contribution in [2.24, 2.45) is 0 Å². The Morgan fingerprint density at radius 2 is 0.962 bits per heavy atom. The average molecular weight is 695 g/mol. The molecule has 0 atom stereocenters. The van der Waals surface area contributed by atoms with Gasteiger partial charge in [0, 0.05) is 38.4 Å². The van der Waals surface area contributed by atoms with Gasteiger partial charge in [-0.05, 0) is 64.5 Å². The van der Waals surface area contributed by atoms with Crippen LogP contribution in [0.2, 0.25) is 13.1 Å². The number of benzene rings is 7. The minimum absolute atomic E-state index is 0.743. The van der Waals surface area contributed by atoms with Crippen molar-refractivity contribution in [3.8, 4) is 45.3 Å². The molecule has 3 aromatic heterocycles. The molecule has 53 heavy (non-hydrogen) atoms. The van der Waals surface area contributed by atoms with Crippen molar-refractivity contribution in [3.05, 3.63) is 170 Å². The van der Waals surface area contributed by atoms with Crippen LogP contribution in [0.15, 0.2) is 170 Å². The lowest BCUT2D eigenvalue weighted by Gasteiger charge is -2.22. The number of nitrogens with zero attached hydrogens (tertiary/aromatic N) is 4. The standard InChI is InChI=1S/C48H34N4Si/c1-53(2)44-28-16-12-24-36(44)46-47(53)45(31-17-5-3-6-18-31)49-48(50-46)35-23-11-15-27-41(35)52-40-26-14-10-22-34(40)38-29-42-37(30-43(38)52)33-21-9-13-25-39(33)51(42)32-19-7-4-8-20-32/h3-30H,1-2H3. The Kier molecular flexibility index (Phi) is 6.37. The van der Waals surface area contributed by atoms with Crippen molar-refractivity contribution >= 4 is 62.1 Å². The number of fused-ring (bicyclic) bond motifs is 9. The first-order valence-electron chi connectivity index (χ1n) is 18.3. The smallest absolute Gasteiger partial charge is 0.162 e. The molecule has 5 heteroatoms. The molecule has 0 N–H and O–H groups in total. The SMILES string of the molecule is C[Si]1(C)c2ccccc2-c2nc(-c3ccccc3-n3c4ccccc4c4cc5c(cc43)c3ccccc3n5-c3ccccc3)nc(-c3ccccc3)c21. The fourth-order valence-electron chi connectivity index (χ4n) is 8.95. The predicted octanol–water partition coefficient (Wildman–Crippen LogP) is 10.8. The molecule has 4 heterocycles. The third-order valence-electron chi connectivity index (χ3n) is 11.3. The summed E-state index contributed by atoms with van der Waals surface area (Å²) < 4.78 is 4.83. The Balaban J connectivity index is 1.22. The van der Waals surface area contributed by atoms with Crippen LogP contribution in [0.3, 0.4) is 0 Å². The van der Waals surface area contributed by atoms with E-state index in [1.54, 1.807) is 0 Å². The number of para-hydroxylation sites is 4. The van der Waals surface area contributed by atoms with Gasteiger partial charge < -0.3 is 9.13 Å². The van der Waals surface area contributed by atoms with Crippen molar-refractivity contribution in [3.63, 3.8) is 0 Å². The number of hydrogen-bond donors (Lipinski definition) is 0. The zero-order valence-electron chi connectivity index (χ0n) is 29.5. The maximum atomic E-state index is 5.53. The van der Waals surface area contributed by atoms with E-state index in [0.29, 0.717) is 0 Å². The molecule has 1 aliphatic rings. The van der Waals surface area contributed by atoms with Crippen molar-refractivity contribution in [2.75, 3.05) is 0 Å². The number of rotatable bonds is 4. The minimum Gasteiger partial charge on any atom is -0.309 e. The van der Waals surface area contributed by atoms with Crippen molar-refractivity contribution in [1.82, 2.24) is 19.1 Å². The summed E-state index contributed by atoms with van der Waals surface area (Å²) in [6, 6.07) is 61.2. The van der Waals surface area contributed by atoms with Gasteiger partial charge in [0.2, 0.25) is 0 Å². The van der Waals surface area contributed by atoms with Gasteiger partial charge in [-0.2, -0.15) is 0 Å². The number of aromatic nitrogens is 4. The maximum Gasteiger partial charge on any atom is 0.162 e. The highest BCUT2D eigenvalue weighted by molar-refractivity contribution is 7.04. The lowest BCUT2D eigenvalue weighted by Crippen LogP contribution is -2.50. The van der Waals surface area contributed by atoms with E-state index in [-0.39, 0.29) is 0 Å². The molecule has 0 amide bonds. The highest BCUT2D eigenvalue weighted by atomic mass is 28.3. The highest BCUT2D eigenvalue weighted by Gasteiger charge is 2.41. The van der Waals surface area contributed by atoms with Gasteiger partial charge in [0.25, 0.3) is 0 Å². The van der Waals surface area contributed by atoms with Crippen LogP contribution in [-0.4, -0.2) is 27.2 Å². The van der Waals surface area contributed by atoms with Crippen molar-refractivity contribution < 1.29 is 0 Å². The van der Waals surface area contributed by atoms with Crippen molar-refractivity contribution in [2.45, 2.75) is 13.1 Å². The Labute approximate surface area is 308 Å². The fraction of sp³-hybridized carbons (Fsp3) is 0.0417. The van der Waals surface area contributed by atoms with Crippen LogP contribution in [0.4, 0.5) is 0 Å². The molecule has 0 saturated heterocycles. The molecule has 0 unspecified atom stereocenters. The van der Waals surface area contributed by atoms with Crippen molar-refractivity contribution in [1.29, 1.82) is 0 Å². The third kappa shape index (κ3) is 4.29. The van der Waals surface area contributed by atoms with E-state index >= 15 is 0 Å². The molecule has 1 aliphatic heterocycles. The predicted molar refractivity (Wildman–Crippen MR) is 224 cm³/mol. The topological polar surface area (TPSA) is 35.6 Å². The second kappa shape index (κ2) is 11.2. The average Bonchev–Trinajstić information content (AvgIpc) is 3.80. The molecule has 0 radical (unpaired) electrons. The molecule has 7 aromatic carbocycles. The fourth-order valence-corrected chi connectivity index (χ4v) is 12.2. The third-order valence-corrected chi connectivity index (χ3v) is 14.8. The van der Waals surface area contributed by atoms with Crippen LogP contribution >= 0.6 is 0 Å². The largest absolute Gasteiger partial charge is 0.309 e. The van der Waals surface area contributed by atoms with Gasteiger partial charge >= 0.3 is 0 Å². The monoisotopic (exact) mass is 694 g/mol. The summed E-state index contributed by atoms with van der Waals surface area (Å²) in [5.41, 5.74) is 12.4. The summed E-state index contributed by atoms with van der Waals surface area (Å²) in [6.45, 7) is 4.88. The van der Waals surface area contributed by atoms with E-state index < -0.39 is 8.07 Å². The molecule has 250 valence electrons. The van der Waals surface area contributed by atoms with Crippen LogP contribution in [-0.2, 0) is 0 Å². The Bertz CT molecular complexity index is 3080.